The Balaban J connectivity index is 1.49. The molecular formula is C25H23Cl2N3O4. The van der Waals surface area contributed by atoms with Crippen LogP contribution in [0, 0.1) is 0 Å². The molecule has 0 spiro atoms. The van der Waals surface area contributed by atoms with Crippen molar-refractivity contribution in [2.24, 2.45) is 5.10 Å². The van der Waals surface area contributed by atoms with Gasteiger partial charge in [0.05, 0.1) is 12.8 Å². The predicted octanol–water partition coefficient (Wildman–Crippen LogP) is 5.45. The SMILES string of the molecule is CCCOc1ccc(NC(=O)C(=O)N/N=C\c2cccc(OCc3ccc(Cl)cc3Cl)c2)cc1. The molecule has 3 aromatic rings. The first-order chi connectivity index (χ1) is 16.4. The Hall–Kier alpha value is -3.55. The molecule has 0 aliphatic heterocycles. The van der Waals surface area contributed by atoms with Gasteiger partial charge < -0.3 is 14.8 Å². The van der Waals surface area contributed by atoms with Crippen molar-refractivity contribution in [3.63, 3.8) is 0 Å². The first kappa shape index (κ1) is 25.1. The molecule has 7 nitrogen and oxygen atoms in total. The second-order valence-corrected chi connectivity index (χ2v) is 7.97. The van der Waals surface area contributed by atoms with Crippen LogP contribution in [-0.4, -0.2) is 24.6 Å². The molecule has 0 atom stereocenters. The molecule has 2 amide bonds. The highest BCUT2D eigenvalue weighted by Gasteiger charge is 2.13. The quantitative estimate of drug-likeness (QED) is 0.232. The maximum Gasteiger partial charge on any atom is 0.329 e. The van der Waals surface area contributed by atoms with Gasteiger partial charge in [-0.2, -0.15) is 5.10 Å². The lowest BCUT2D eigenvalue weighted by atomic mass is 10.2. The van der Waals surface area contributed by atoms with Crippen LogP contribution in [0.15, 0.2) is 71.8 Å². The fourth-order valence-corrected chi connectivity index (χ4v) is 3.21. The Morgan fingerprint density at radius 3 is 2.47 bits per heavy atom. The number of hydrogen-bond donors (Lipinski definition) is 2. The van der Waals surface area contributed by atoms with Crippen molar-refractivity contribution in [3.8, 4) is 11.5 Å². The smallest absolute Gasteiger partial charge is 0.329 e. The van der Waals surface area contributed by atoms with Crippen LogP contribution < -0.4 is 20.2 Å². The van der Waals surface area contributed by atoms with Gasteiger partial charge in [0, 0.05) is 21.3 Å². The Bertz CT molecular complexity index is 1170. The number of amides is 2. The topological polar surface area (TPSA) is 89.0 Å². The molecule has 0 fully saturated rings. The number of ether oxygens (including phenoxy) is 2. The number of nitrogens with one attached hydrogen (secondary N) is 2. The third-order valence-corrected chi connectivity index (χ3v) is 5.03. The van der Waals surface area contributed by atoms with Gasteiger partial charge in [-0.25, -0.2) is 5.43 Å². The van der Waals surface area contributed by atoms with E-state index in [0.29, 0.717) is 39.4 Å². The second kappa shape index (κ2) is 12.6. The number of carbonyl (C=O) groups is 2. The van der Waals surface area contributed by atoms with E-state index < -0.39 is 11.8 Å². The summed E-state index contributed by atoms with van der Waals surface area (Å²) in [4.78, 5) is 24.1. The molecule has 0 saturated heterocycles. The highest BCUT2D eigenvalue weighted by atomic mass is 35.5. The van der Waals surface area contributed by atoms with Gasteiger partial charge in [-0.3, -0.25) is 9.59 Å². The summed E-state index contributed by atoms with van der Waals surface area (Å²) >= 11 is 12.1. The predicted molar refractivity (Wildman–Crippen MR) is 134 cm³/mol. The molecule has 0 bridgehead atoms. The first-order valence-corrected chi connectivity index (χ1v) is 11.2. The summed E-state index contributed by atoms with van der Waals surface area (Å²) in [6, 6.07) is 19.0. The Morgan fingerprint density at radius 1 is 0.941 bits per heavy atom. The summed E-state index contributed by atoms with van der Waals surface area (Å²) in [5.41, 5.74) is 4.14. The molecule has 3 rings (SSSR count). The fraction of sp³-hybridized carbons (Fsp3) is 0.160. The highest BCUT2D eigenvalue weighted by molar-refractivity contribution is 6.39. The van der Waals surface area contributed by atoms with E-state index in [9.17, 15) is 9.59 Å². The monoisotopic (exact) mass is 499 g/mol. The minimum absolute atomic E-state index is 0.263. The van der Waals surface area contributed by atoms with E-state index in [1.807, 2.05) is 6.92 Å². The number of anilines is 1. The lowest BCUT2D eigenvalue weighted by molar-refractivity contribution is -0.136. The number of benzene rings is 3. The van der Waals surface area contributed by atoms with Crippen LogP contribution in [0.2, 0.25) is 10.0 Å². The molecule has 176 valence electrons. The highest BCUT2D eigenvalue weighted by Crippen LogP contribution is 2.23. The van der Waals surface area contributed by atoms with Crippen molar-refractivity contribution in [3.05, 3.63) is 87.9 Å². The molecule has 0 unspecified atom stereocenters. The maximum atomic E-state index is 12.1. The second-order valence-electron chi connectivity index (χ2n) is 7.12. The van der Waals surface area contributed by atoms with Crippen molar-refractivity contribution in [2.75, 3.05) is 11.9 Å². The molecule has 0 aliphatic carbocycles. The van der Waals surface area contributed by atoms with Crippen LogP contribution in [0.3, 0.4) is 0 Å². The van der Waals surface area contributed by atoms with Crippen LogP contribution in [0.4, 0.5) is 5.69 Å². The molecule has 9 heteroatoms. The summed E-state index contributed by atoms with van der Waals surface area (Å²) in [6.45, 7) is 2.89. The number of carbonyl (C=O) groups excluding carboxylic acids is 2. The van der Waals surface area contributed by atoms with Gasteiger partial charge in [-0.05, 0) is 60.5 Å². The van der Waals surface area contributed by atoms with Crippen LogP contribution in [0.1, 0.15) is 24.5 Å². The normalized spacial score (nSPS) is 10.7. The Kier molecular flexibility index (Phi) is 9.31. The number of rotatable bonds is 9. The first-order valence-electron chi connectivity index (χ1n) is 10.5. The summed E-state index contributed by atoms with van der Waals surface area (Å²) in [7, 11) is 0. The molecule has 0 saturated carbocycles. The lowest BCUT2D eigenvalue weighted by Gasteiger charge is -2.08. The van der Waals surface area contributed by atoms with Crippen molar-refractivity contribution in [1.82, 2.24) is 5.43 Å². The summed E-state index contributed by atoms with van der Waals surface area (Å²) in [5, 5.41) is 7.42. The summed E-state index contributed by atoms with van der Waals surface area (Å²) < 4.78 is 11.2. The number of hydrazone groups is 1. The van der Waals surface area contributed by atoms with E-state index >= 15 is 0 Å². The van der Waals surface area contributed by atoms with Gasteiger partial charge in [0.15, 0.2) is 0 Å². The minimum atomic E-state index is -0.896. The van der Waals surface area contributed by atoms with Crippen molar-refractivity contribution >= 4 is 46.9 Å². The zero-order chi connectivity index (χ0) is 24.3. The largest absolute Gasteiger partial charge is 0.494 e. The van der Waals surface area contributed by atoms with Crippen LogP contribution in [-0.2, 0) is 16.2 Å². The van der Waals surface area contributed by atoms with Gasteiger partial charge >= 0.3 is 11.8 Å². The summed E-state index contributed by atoms with van der Waals surface area (Å²) in [6.07, 6.45) is 2.31. The van der Waals surface area contributed by atoms with Crippen LogP contribution in [0.25, 0.3) is 0 Å². The van der Waals surface area contributed by atoms with Gasteiger partial charge in [-0.1, -0.05) is 48.3 Å². The van der Waals surface area contributed by atoms with E-state index in [0.717, 1.165) is 12.0 Å². The van der Waals surface area contributed by atoms with Crippen LogP contribution >= 0.6 is 23.2 Å². The summed E-state index contributed by atoms with van der Waals surface area (Å²) in [5.74, 6) is -0.453. The lowest BCUT2D eigenvalue weighted by Crippen LogP contribution is -2.32. The molecule has 0 aliphatic rings. The van der Waals surface area contributed by atoms with E-state index in [2.05, 4.69) is 15.8 Å². The zero-order valence-corrected chi connectivity index (χ0v) is 19.9. The van der Waals surface area contributed by atoms with Gasteiger partial charge in [0.1, 0.15) is 18.1 Å². The molecular weight excluding hydrogens is 477 g/mol. The Morgan fingerprint density at radius 2 is 1.74 bits per heavy atom. The molecule has 3 aromatic carbocycles. The average molecular weight is 500 g/mol. The van der Waals surface area contributed by atoms with Gasteiger partial charge in [-0.15, -0.1) is 0 Å². The molecule has 0 aromatic heterocycles. The number of halogens is 2. The standard InChI is InChI=1S/C25H23Cl2N3O4/c1-2-12-33-21-10-8-20(9-11-21)29-24(31)25(32)30-28-15-17-4-3-5-22(13-17)34-16-18-6-7-19(26)14-23(18)27/h3-11,13-15H,2,12,16H2,1H3,(H,29,31)(H,30,32)/b28-15-. The molecule has 2 N–H and O–H groups in total. The zero-order valence-electron chi connectivity index (χ0n) is 18.4. The third-order valence-electron chi connectivity index (χ3n) is 4.44. The molecule has 0 radical (unpaired) electrons. The van der Waals surface area contributed by atoms with E-state index in [4.69, 9.17) is 32.7 Å². The number of hydrogen-bond acceptors (Lipinski definition) is 5. The molecule has 0 heterocycles. The van der Waals surface area contributed by atoms with Crippen LogP contribution in [0.5, 0.6) is 11.5 Å². The van der Waals surface area contributed by atoms with Crippen molar-refractivity contribution in [2.45, 2.75) is 20.0 Å². The van der Waals surface area contributed by atoms with E-state index in [1.165, 1.54) is 6.21 Å². The Labute approximate surface area is 207 Å². The van der Waals surface area contributed by atoms with Crippen molar-refractivity contribution < 1.29 is 19.1 Å². The van der Waals surface area contributed by atoms with E-state index in [1.54, 1.807) is 66.7 Å². The average Bonchev–Trinajstić information content (AvgIpc) is 2.83. The fourth-order valence-electron chi connectivity index (χ4n) is 2.74. The maximum absolute atomic E-state index is 12.1. The van der Waals surface area contributed by atoms with Gasteiger partial charge in [0.2, 0.25) is 0 Å². The van der Waals surface area contributed by atoms with Crippen molar-refractivity contribution in [1.29, 1.82) is 0 Å². The van der Waals surface area contributed by atoms with Gasteiger partial charge in [0.25, 0.3) is 0 Å². The third kappa shape index (κ3) is 7.79. The molecule has 34 heavy (non-hydrogen) atoms. The number of nitrogens with zero attached hydrogens (tertiary/aromatic N) is 1. The minimum Gasteiger partial charge on any atom is -0.494 e. The van der Waals surface area contributed by atoms with E-state index in [-0.39, 0.29) is 6.61 Å².